The standard InChI is InChI=1S/C44H37N9O9S2/c1-25-18-32(11-15-35(25)48-46-31-12-16-36(26(2)19-31)49-50-37-17-13-33(63(56,57)58)23-41(37)62-4)47-51-38-24-40(54)39(20-27(38)3)52-53-43-42(64(59,60)61)22-28-21-30(10-14-34(28)44(43)55)45-29-8-6-5-7-9-29/h5-24,45,54-55H,1-4H3,(H,56,57,58)(H,59,60,61). The van der Waals surface area contributed by atoms with Crippen molar-refractivity contribution in [3.05, 3.63) is 138 Å². The van der Waals surface area contributed by atoms with Crippen molar-refractivity contribution in [3.8, 4) is 17.2 Å². The molecule has 64 heavy (non-hydrogen) atoms. The number of ether oxygens (including phenoxy) is 1. The second-order valence-electron chi connectivity index (χ2n) is 14.2. The molecule has 0 aliphatic rings. The highest BCUT2D eigenvalue weighted by Crippen LogP contribution is 2.44. The molecule has 0 saturated carbocycles. The first-order valence-electron chi connectivity index (χ1n) is 18.9. The number of phenolic OH excluding ortho intramolecular Hbond substituents is 2. The van der Waals surface area contributed by atoms with Gasteiger partial charge in [0.15, 0.2) is 5.75 Å². The van der Waals surface area contributed by atoms with Crippen molar-refractivity contribution >= 4 is 87.9 Å². The van der Waals surface area contributed by atoms with Gasteiger partial charge in [0.25, 0.3) is 20.2 Å². The number of aromatic hydroxyl groups is 2. The molecular weight excluding hydrogens is 863 g/mol. The molecule has 0 fully saturated rings. The Morgan fingerprint density at radius 1 is 0.516 bits per heavy atom. The van der Waals surface area contributed by atoms with Crippen molar-refractivity contribution in [2.24, 2.45) is 40.9 Å². The lowest BCUT2D eigenvalue weighted by Crippen LogP contribution is -1.99. The number of para-hydroxylation sites is 1. The summed E-state index contributed by atoms with van der Waals surface area (Å²) in [6.07, 6.45) is 0. The van der Waals surface area contributed by atoms with E-state index in [1.54, 1.807) is 61.5 Å². The maximum atomic E-state index is 12.5. The van der Waals surface area contributed by atoms with Crippen LogP contribution in [0.2, 0.25) is 0 Å². The third kappa shape index (κ3) is 10.3. The molecule has 0 aliphatic carbocycles. The molecule has 0 aromatic heterocycles. The van der Waals surface area contributed by atoms with Crippen molar-refractivity contribution < 1.29 is 40.9 Å². The minimum absolute atomic E-state index is 0.0635. The van der Waals surface area contributed by atoms with Crippen LogP contribution in [0.3, 0.4) is 0 Å². The number of hydrogen-bond acceptors (Lipinski definition) is 16. The maximum Gasteiger partial charge on any atom is 0.296 e. The monoisotopic (exact) mass is 899 g/mol. The fraction of sp³-hybridized carbons (Fsp3) is 0.0909. The van der Waals surface area contributed by atoms with Crippen LogP contribution in [0.4, 0.5) is 56.9 Å². The number of hydrogen-bond donors (Lipinski definition) is 5. The Labute approximate surface area is 366 Å². The third-order valence-corrected chi connectivity index (χ3v) is 11.3. The predicted octanol–water partition coefficient (Wildman–Crippen LogP) is 13.1. The number of rotatable bonds is 13. The van der Waals surface area contributed by atoms with Crippen molar-refractivity contribution in [2.75, 3.05) is 12.4 Å². The highest BCUT2D eigenvalue weighted by Gasteiger charge is 2.23. The molecule has 0 unspecified atom stereocenters. The van der Waals surface area contributed by atoms with Gasteiger partial charge in [0.1, 0.15) is 33.5 Å². The summed E-state index contributed by atoms with van der Waals surface area (Å²) >= 11 is 0. The van der Waals surface area contributed by atoms with Gasteiger partial charge in [-0.05, 0) is 134 Å². The number of methoxy groups -OCH3 is 1. The summed E-state index contributed by atoms with van der Waals surface area (Å²) in [5, 5.41) is 59.5. The average Bonchev–Trinajstić information content (AvgIpc) is 3.25. The van der Waals surface area contributed by atoms with Gasteiger partial charge in [-0.25, -0.2) is 0 Å². The van der Waals surface area contributed by atoms with E-state index in [0.717, 1.165) is 22.9 Å². The van der Waals surface area contributed by atoms with Crippen LogP contribution < -0.4 is 10.1 Å². The quantitative estimate of drug-likeness (QED) is 0.0539. The lowest BCUT2D eigenvalue weighted by molar-refractivity contribution is 0.413. The van der Waals surface area contributed by atoms with E-state index in [0.29, 0.717) is 45.1 Å². The Bertz CT molecular complexity index is 3310. The van der Waals surface area contributed by atoms with E-state index < -0.39 is 36.6 Å². The third-order valence-electron chi connectivity index (χ3n) is 9.56. The van der Waals surface area contributed by atoms with Gasteiger partial charge in [-0.15, -0.1) is 15.3 Å². The zero-order valence-corrected chi connectivity index (χ0v) is 35.9. The van der Waals surface area contributed by atoms with Gasteiger partial charge in [-0.2, -0.15) is 42.4 Å². The smallest absolute Gasteiger partial charge is 0.296 e. The lowest BCUT2D eigenvalue weighted by Gasteiger charge is -2.11. The molecule has 0 amide bonds. The van der Waals surface area contributed by atoms with Gasteiger partial charge in [0.2, 0.25) is 0 Å². The summed E-state index contributed by atoms with van der Waals surface area (Å²) in [6, 6.07) is 32.2. The lowest BCUT2D eigenvalue weighted by atomic mass is 10.1. The highest BCUT2D eigenvalue weighted by atomic mass is 32.2. The van der Waals surface area contributed by atoms with E-state index in [9.17, 15) is 36.2 Å². The molecule has 0 bridgehead atoms. The fourth-order valence-corrected chi connectivity index (χ4v) is 7.39. The molecule has 0 spiro atoms. The Morgan fingerprint density at radius 2 is 1.09 bits per heavy atom. The first kappa shape index (κ1) is 44.3. The number of phenols is 2. The largest absolute Gasteiger partial charge is 0.506 e. The summed E-state index contributed by atoms with van der Waals surface area (Å²) in [6.45, 7) is 5.34. The fourth-order valence-electron chi connectivity index (χ4n) is 6.23. The summed E-state index contributed by atoms with van der Waals surface area (Å²) < 4.78 is 72.4. The molecule has 0 radical (unpaired) electrons. The Morgan fingerprint density at radius 3 is 1.70 bits per heavy atom. The molecular formula is C44H37N9O9S2. The van der Waals surface area contributed by atoms with Crippen molar-refractivity contribution in [1.82, 2.24) is 0 Å². The van der Waals surface area contributed by atoms with Gasteiger partial charge in [-0.1, -0.05) is 18.2 Å². The molecule has 7 rings (SSSR count). The first-order valence-corrected chi connectivity index (χ1v) is 21.8. The summed E-state index contributed by atoms with van der Waals surface area (Å²) in [4.78, 5) is -1.01. The van der Waals surface area contributed by atoms with Crippen LogP contribution >= 0.6 is 0 Å². The molecule has 20 heteroatoms. The van der Waals surface area contributed by atoms with Crippen molar-refractivity contribution in [2.45, 2.75) is 30.6 Å². The summed E-state index contributed by atoms with van der Waals surface area (Å²) in [5.41, 5.74) is 5.53. The number of nitrogens with one attached hydrogen (secondary N) is 1. The highest BCUT2D eigenvalue weighted by molar-refractivity contribution is 7.86. The summed E-state index contributed by atoms with van der Waals surface area (Å²) in [5.74, 6) is -0.784. The van der Waals surface area contributed by atoms with Gasteiger partial charge in [0, 0.05) is 28.9 Å². The average molecular weight is 900 g/mol. The second kappa shape index (κ2) is 18.3. The van der Waals surface area contributed by atoms with E-state index in [1.165, 1.54) is 37.4 Å². The molecule has 324 valence electrons. The van der Waals surface area contributed by atoms with Crippen LogP contribution in [-0.4, -0.2) is 43.3 Å². The van der Waals surface area contributed by atoms with Crippen molar-refractivity contribution in [3.63, 3.8) is 0 Å². The molecule has 18 nitrogen and oxygen atoms in total. The van der Waals surface area contributed by atoms with Crippen LogP contribution in [0, 0.1) is 20.8 Å². The molecule has 7 aromatic rings. The number of benzene rings is 7. The number of anilines is 2. The number of azo groups is 4. The van der Waals surface area contributed by atoms with Gasteiger partial charge in [-0.3, -0.25) is 9.11 Å². The zero-order chi connectivity index (χ0) is 45.8. The molecule has 5 N–H and O–H groups in total. The predicted molar refractivity (Wildman–Crippen MR) is 240 cm³/mol. The van der Waals surface area contributed by atoms with E-state index >= 15 is 0 Å². The van der Waals surface area contributed by atoms with E-state index in [-0.39, 0.29) is 33.2 Å². The Balaban J connectivity index is 1.04. The molecule has 0 aliphatic heterocycles. The zero-order valence-electron chi connectivity index (χ0n) is 34.3. The van der Waals surface area contributed by atoms with Crippen LogP contribution in [-0.2, 0) is 20.2 Å². The van der Waals surface area contributed by atoms with Crippen LogP contribution in [0.15, 0.2) is 172 Å². The van der Waals surface area contributed by atoms with Crippen LogP contribution in [0.1, 0.15) is 16.7 Å². The number of fused-ring (bicyclic) bond motifs is 1. The van der Waals surface area contributed by atoms with Crippen LogP contribution in [0.5, 0.6) is 17.2 Å². The Hall–Kier alpha value is -7.78. The Kier molecular flexibility index (Phi) is 12.7. The van der Waals surface area contributed by atoms with E-state index in [1.807, 2.05) is 44.2 Å². The van der Waals surface area contributed by atoms with Gasteiger partial charge >= 0.3 is 0 Å². The first-order chi connectivity index (χ1) is 30.5. The molecule has 0 heterocycles. The van der Waals surface area contributed by atoms with Crippen LogP contribution in [0.25, 0.3) is 10.8 Å². The van der Waals surface area contributed by atoms with E-state index in [2.05, 4.69) is 46.2 Å². The molecule has 0 atom stereocenters. The SMILES string of the molecule is COc1cc(S(=O)(=O)O)ccc1N=Nc1ccc(N=Nc2ccc(N=Nc3cc(O)c(N=Nc4c(S(=O)(=O)O)cc5cc(Nc6ccccc6)ccc5c4O)cc3C)cc2C)cc1C. The van der Waals surface area contributed by atoms with Gasteiger partial charge < -0.3 is 20.3 Å². The topological polar surface area (TPSA) is 269 Å². The maximum absolute atomic E-state index is 12.5. The minimum atomic E-state index is -4.88. The van der Waals surface area contributed by atoms with Crippen molar-refractivity contribution in [1.29, 1.82) is 0 Å². The normalized spacial score (nSPS) is 12.3. The number of aryl methyl sites for hydroxylation is 3. The molecule has 7 aromatic carbocycles. The number of nitrogens with zero attached hydrogens (tertiary/aromatic N) is 8. The minimum Gasteiger partial charge on any atom is -0.506 e. The summed E-state index contributed by atoms with van der Waals surface area (Å²) in [7, 11) is -7.96. The van der Waals surface area contributed by atoms with Gasteiger partial charge in [0.05, 0.1) is 40.4 Å². The second-order valence-corrected chi connectivity index (χ2v) is 17.0. The van der Waals surface area contributed by atoms with E-state index in [4.69, 9.17) is 4.74 Å². The molecule has 0 saturated heterocycles.